The standard InChI is InChI=1S/C50H90NO9P/c1-6-8-10-12-14-16-18-20-21-22-23-24-25-27-29-31-33-35-37-41-50(54)60-48(46-59-61(55,56)58-44-43-51(3,4)5)45-57-49(53)42-38-40-47(52)39-36-34-32-30-28-26-19-17-15-13-11-9-7-2/h14,16,20-21,26,28,32,34,36,39,47-48,52H,6-13,15,17-19,22-25,27,29-31,33,35,37-38,40-46H2,1-5H3/p+1/b16-14-,21-20-,28-26+,34-32+,39-36+/t47?,48-/m1/s1. The largest absolute Gasteiger partial charge is 0.472 e. The summed E-state index contributed by atoms with van der Waals surface area (Å²) in [6.07, 6.45) is 47.3. The number of aliphatic hydroxyl groups is 1. The second kappa shape index (κ2) is 41.7. The van der Waals surface area contributed by atoms with Crippen LogP contribution in [0.25, 0.3) is 0 Å². The third kappa shape index (κ3) is 45.5. The highest BCUT2D eigenvalue weighted by Gasteiger charge is 2.27. The molecular formula is C50H91NO9P+. The Hall–Kier alpha value is -2.33. The van der Waals surface area contributed by atoms with Gasteiger partial charge in [0.05, 0.1) is 33.9 Å². The summed E-state index contributed by atoms with van der Waals surface area (Å²) in [6.45, 7) is 4.17. The number of quaternary nitrogens is 1. The van der Waals surface area contributed by atoms with Crippen molar-refractivity contribution in [3.05, 3.63) is 60.8 Å². The zero-order chi connectivity index (χ0) is 45.1. The second-order valence-corrected chi connectivity index (χ2v) is 18.8. The third-order valence-corrected chi connectivity index (χ3v) is 11.1. The summed E-state index contributed by atoms with van der Waals surface area (Å²) in [6, 6.07) is 0. The minimum absolute atomic E-state index is 0.0000830. The molecule has 354 valence electrons. The van der Waals surface area contributed by atoms with Crippen molar-refractivity contribution in [1.82, 2.24) is 0 Å². The number of carbonyl (C=O) groups is 2. The summed E-state index contributed by atoms with van der Waals surface area (Å²) in [5, 5.41) is 10.3. The molecule has 3 atom stereocenters. The molecule has 0 fully saturated rings. The van der Waals surface area contributed by atoms with Crippen LogP contribution >= 0.6 is 7.82 Å². The monoisotopic (exact) mass is 881 g/mol. The highest BCUT2D eigenvalue weighted by molar-refractivity contribution is 7.47. The van der Waals surface area contributed by atoms with Gasteiger partial charge in [0.25, 0.3) is 0 Å². The predicted octanol–water partition coefficient (Wildman–Crippen LogP) is 13.0. The molecule has 0 aliphatic rings. The number of phosphoric acid groups is 1. The van der Waals surface area contributed by atoms with E-state index >= 15 is 0 Å². The normalized spacial score (nSPS) is 14.5. The molecule has 0 saturated carbocycles. The van der Waals surface area contributed by atoms with Crippen LogP contribution in [0, 0.1) is 0 Å². The smallest absolute Gasteiger partial charge is 0.462 e. The third-order valence-electron chi connectivity index (χ3n) is 10.1. The lowest BCUT2D eigenvalue weighted by Gasteiger charge is -2.24. The Morgan fingerprint density at radius 3 is 1.66 bits per heavy atom. The lowest BCUT2D eigenvalue weighted by molar-refractivity contribution is -0.870. The van der Waals surface area contributed by atoms with Crippen molar-refractivity contribution in [2.75, 3.05) is 47.5 Å². The first-order chi connectivity index (χ1) is 29.4. The Labute approximate surface area is 373 Å². The number of hydrogen-bond acceptors (Lipinski definition) is 8. The van der Waals surface area contributed by atoms with Crippen molar-refractivity contribution in [2.45, 2.75) is 199 Å². The maximum atomic E-state index is 12.7. The highest BCUT2D eigenvalue weighted by Crippen LogP contribution is 2.43. The van der Waals surface area contributed by atoms with Gasteiger partial charge in [0, 0.05) is 12.8 Å². The number of aliphatic hydroxyl groups excluding tert-OH is 1. The first-order valence-corrected chi connectivity index (χ1v) is 25.6. The van der Waals surface area contributed by atoms with Crippen molar-refractivity contribution in [1.29, 1.82) is 0 Å². The van der Waals surface area contributed by atoms with E-state index in [2.05, 4.69) is 50.3 Å². The van der Waals surface area contributed by atoms with E-state index in [9.17, 15) is 24.2 Å². The van der Waals surface area contributed by atoms with Gasteiger partial charge in [-0.15, -0.1) is 0 Å². The fraction of sp³-hybridized carbons (Fsp3) is 0.760. The summed E-state index contributed by atoms with van der Waals surface area (Å²) in [5.41, 5.74) is 0. The minimum atomic E-state index is -4.43. The summed E-state index contributed by atoms with van der Waals surface area (Å²) in [7, 11) is 1.37. The number of phosphoric ester groups is 1. The molecule has 0 saturated heterocycles. The van der Waals surface area contributed by atoms with Crippen LogP contribution in [0.15, 0.2) is 60.8 Å². The van der Waals surface area contributed by atoms with Crippen LogP contribution in [0.3, 0.4) is 0 Å². The van der Waals surface area contributed by atoms with E-state index in [1.165, 1.54) is 96.3 Å². The number of esters is 2. The van der Waals surface area contributed by atoms with E-state index in [-0.39, 0.29) is 26.1 Å². The molecule has 0 aromatic rings. The van der Waals surface area contributed by atoms with Gasteiger partial charge < -0.3 is 24.0 Å². The van der Waals surface area contributed by atoms with E-state index in [1.54, 1.807) is 6.08 Å². The molecule has 0 aromatic heterocycles. The fourth-order valence-corrected chi connectivity index (χ4v) is 7.03. The highest BCUT2D eigenvalue weighted by atomic mass is 31.2. The average molecular weight is 881 g/mol. The minimum Gasteiger partial charge on any atom is -0.462 e. The summed E-state index contributed by atoms with van der Waals surface area (Å²) >= 11 is 0. The number of ether oxygens (including phenoxy) is 2. The van der Waals surface area contributed by atoms with Crippen molar-refractivity contribution in [2.24, 2.45) is 0 Å². The summed E-state index contributed by atoms with van der Waals surface area (Å²) in [4.78, 5) is 35.5. The number of nitrogens with zero attached hydrogens (tertiary/aromatic N) is 1. The quantitative estimate of drug-likeness (QED) is 0.0154. The molecule has 0 bridgehead atoms. The van der Waals surface area contributed by atoms with Crippen molar-refractivity contribution >= 4 is 19.8 Å². The zero-order valence-electron chi connectivity index (χ0n) is 39.5. The van der Waals surface area contributed by atoms with Crippen molar-refractivity contribution < 1.29 is 47.2 Å². The Kier molecular flexibility index (Phi) is 40.1. The van der Waals surface area contributed by atoms with Gasteiger partial charge in [0.15, 0.2) is 6.10 Å². The van der Waals surface area contributed by atoms with E-state index < -0.39 is 38.6 Å². The number of likely N-dealkylation sites (N-methyl/N-ethyl adjacent to an activating group) is 1. The van der Waals surface area contributed by atoms with Crippen LogP contribution in [0.1, 0.15) is 187 Å². The zero-order valence-corrected chi connectivity index (χ0v) is 40.4. The maximum absolute atomic E-state index is 12.7. The van der Waals surface area contributed by atoms with Crippen molar-refractivity contribution in [3.8, 4) is 0 Å². The molecule has 61 heavy (non-hydrogen) atoms. The number of unbranched alkanes of at least 4 members (excludes halogenated alkanes) is 18. The molecule has 0 amide bonds. The van der Waals surface area contributed by atoms with Crippen LogP contribution in [-0.4, -0.2) is 86.1 Å². The molecule has 0 aliphatic carbocycles. The summed E-state index contributed by atoms with van der Waals surface area (Å²) < 4.78 is 34.2. The lowest BCUT2D eigenvalue weighted by Crippen LogP contribution is -2.37. The first-order valence-electron chi connectivity index (χ1n) is 24.1. The van der Waals surface area contributed by atoms with Crippen LogP contribution in [-0.2, 0) is 32.7 Å². The molecule has 0 heterocycles. The van der Waals surface area contributed by atoms with E-state index in [0.29, 0.717) is 30.3 Å². The molecule has 0 radical (unpaired) electrons. The number of rotatable bonds is 43. The van der Waals surface area contributed by atoms with Gasteiger partial charge in [-0.05, 0) is 70.6 Å². The van der Waals surface area contributed by atoms with E-state index in [1.807, 2.05) is 39.4 Å². The number of allylic oxidation sites excluding steroid dienone is 9. The van der Waals surface area contributed by atoms with Crippen LogP contribution in [0.4, 0.5) is 0 Å². The van der Waals surface area contributed by atoms with Crippen molar-refractivity contribution in [3.63, 3.8) is 0 Å². The number of carbonyl (C=O) groups excluding carboxylic acids is 2. The topological polar surface area (TPSA) is 129 Å². The second-order valence-electron chi connectivity index (χ2n) is 17.3. The van der Waals surface area contributed by atoms with E-state index in [0.717, 1.165) is 44.9 Å². The van der Waals surface area contributed by atoms with Gasteiger partial charge in [0.2, 0.25) is 0 Å². The van der Waals surface area contributed by atoms with Gasteiger partial charge >= 0.3 is 19.8 Å². The van der Waals surface area contributed by atoms with Crippen LogP contribution in [0.2, 0.25) is 0 Å². The Bertz CT molecular complexity index is 1240. The molecule has 0 aliphatic heterocycles. The Morgan fingerprint density at radius 2 is 1.08 bits per heavy atom. The lowest BCUT2D eigenvalue weighted by atomic mass is 10.1. The molecule has 0 aromatic carbocycles. The average Bonchev–Trinajstić information content (AvgIpc) is 3.21. The molecule has 10 nitrogen and oxygen atoms in total. The number of hydrogen-bond donors (Lipinski definition) is 2. The fourth-order valence-electron chi connectivity index (χ4n) is 6.29. The molecule has 0 spiro atoms. The van der Waals surface area contributed by atoms with Gasteiger partial charge in [0.1, 0.15) is 19.8 Å². The van der Waals surface area contributed by atoms with Gasteiger partial charge in [-0.25, -0.2) is 4.57 Å². The summed E-state index contributed by atoms with van der Waals surface area (Å²) in [5.74, 6) is -1.00. The Balaban J connectivity index is 4.48. The van der Waals surface area contributed by atoms with Crippen LogP contribution < -0.4 is 0 Å². The maximum Gasteiger partial charge on any atom is 0.472 e. The SMILES string of the molecule is CCCCC/C=C\C/C=C\CCCCCCCCCCCC(=O)O[C@H](COC(=O)CCCC(O)/C=C/C=C/C/C=C/CCCCCCCC)COP(=O)(O)OCC[N+](C)(C)C. The predicted molar refractivity (Wildman–Crippen MR) is 253 cm³/mol. The Morgan fingerprint density at radius 1 is 0.590 bits per heavy atom. The molecule has 2 unspecified atom stereocenters. The van der Waals surface area contributed by atoms with Gasteiger partial charge in [-0.2, -0.15) is 0 Å². The first kappa shape index (κ1) is 58.7. The molecular weight excluding hydrogens is 790 g/mol. The molecule has 11 heteroatoms. The molecule has 0 rings (SSSR count). The van der Waals surface area contributed by atoms with Gasteiger partial charge in [-0.3, -0.25) is 18.6 Å². The molecule has 2 N–H and O–H groups in total. The van der Waals surface area contributed by atoms with E-state index in [4.69, 9.17) is 18.5 Å². The van der Waals surface area contributed by atoms with Crippen LogP contribution in [0.5, 0.6) is 0 Å². The van der Waals surface area contributed by atoms with Gasteiger partial charge in [-0.1, -0.05) is 164 Å².